The number of rotatable bonds is 2. The third-order valence-electron chi connectivity index (χ3n) is 7.40. The highest BCUT2D eigenvalue weighted by Gasteiger charge is 2.50. The first-order chi connectivity index (χ1) is 12.1. The molecule has 0 spiro atoms. The molecular weight excluding hydrogens is 326 g/mol. The number of amides is 3. The van der Waals surface area contributed by atoms with Crippen LogP contribution >= 0.6 is 0 Å². The lowest BCUT2D eigenvalue weighted by Gasteiger charge is -2.56. The topological polar surface area (TPSA) is 52.7 Å². The number of urea groups is 1. The standard InChI is InChI=1S/C21H37N3O2/c1-16(2)20-6-9-21(10-7-20,11-8-20)22-18(26)24-14-12-23(13-15-24)17(25)19(3,4)5/h16H,6-15H2,1-5H3,(H,22,26). The molecule has 26 heavy (non-hydrogen) atoms. The van der Waals surface area contributed by atoms with Crippen LogP contribution in [0.3, 0.4) is 0 Å². The highest BCUT2D eigenvalue weighted by Crippen LogP contribution is 2.55. The van der Waals surface area contributed by atoms with Gasteiger partial charge in [0.2, 0.25) is 5.91 Å². The van der Waals surface area contributed by atoms with Crippen molar-refractivity contribution in [3.8, 4) is 0 Å². The highest BCUT2D eigenvalue weighted by molar-refractivity contribution is 5.82. The first kappa shape index (κ1) is 19.5. The van der Waals surface area contributed by atoms with Crippen molar-refractivity contribution in [1.29, 1.82) is 0 Å². The lowest BCUT2D eigenvalue weighted by Crippen LogP contribution is -2.62. The van der Waals surface area contributed by atoms with Gasteiger partial charge in [-0.25, -0.2) is 4.79 Å². The minimum atomic E-state index is -0.351. The molecule has 4 rings (SSSR count). The second-order valence-corrected chi connectivity index (χ2v) is 10.3. The van der Waals surface area contributed by atoms with Crippen LogP contribution in [0.4, 0.5) is 4.79 Å². The quantitative estimate of drug-likeness (QED) is 0.814. The minimum Gasteiger partial charge on any atom is -0.339 e. The van der Waals surface area contributed by atoms with Crippen LogP contribution in [-0.4, -0.2) is 53.5 Å². The van der Waals surface area contributed by atoms with Crippen molar-refractivity contribution in [2.24, 2.45) is 16.7 Å². The summed E-state index contributed by atoms with van der Waals surface area (Å²) in [6, 6.07) is 0.0757. The molecule has 4 aliphatic rings. The van der Waals surface area contributed by atoms with E-state index in [1.807, 2.05) is 30.6 Å². The Morgan fingerprint density at radius 3 is 1.73 bits per heavy atom. The van der Waals surface area contributed by atoms with E-state index in [1.54, 1.807) is 0 Å². The van der Waals surface area contributed by atoms with Crippen LogP contribution in [0.2, 0.25) is 0 Å². The molecule has 1 heterocycles. The Morgan fingerprint density at radius 1 is 0.846 bits per heavy atom. The molecule has 4 fully saturated rings. The van der Waals surface area contributed by atoms with Crippen molar-refractivity contribution in [2.75, 3.05) is 26.2 Å². The first-order valence-corrected chi connectivity index (χ1v) is 10.4. The van der Waals surface area contributed by atoms with Gasteiger partial charge < -0.3 is 15.1 Å². The normalized spacial score (nSPS) is 32.1. The van der Waals surface area contributed by atoms with Crippen LogP contribution in [0, 0.1) is 16.7 Å². The van der Waals surface area contributed by atoms with Crippen LogP contribution in [0.5, 0.6) is 0 Å². The molecule has 0 aromatic carbocycles. The fourth-order valence-corrected chi connectivity index (χ4v) is 5.16. The van der Waals surface area contributed by atoms with Crippen molar-refractivity contribution in [1.82, 2.24) is 15.1 Å². The second kappa shape index (κ2) is 6.72. The first-order valence-electron chi connectivity index (χ1n) is 10.4. The van der Waals surface area contributed by atoms with E-state index in [9.17, 15) is 9.59 Å². The van der Waals surface area contributed by atoms with Gasteiger partial charge in [0.15, 0.2) is 0 Å². The van der Waals surface area contributed by atoms with E-state index < -0.39 is 0 Å². The maximum absolute atomic E-state index is 12.8. The van der Waals surface area contributed by atoms with Crippen LogP contribution in [-0.2, 0) is 4.79 Å². The Kier molecular flexibility index (Phi) is 5.04. The number of fused-ring (bicyclic) bond motifs is 3. The summed E-state index contributed by atoms with van der Waals surface area (Å²) in [5.41, 5.74) is 0.188. The zero-order chi connectivity index (χ0) is 19.2. The average Bonchev–Trinajstić information content (AvgIpc) is 2.61. The van der Waals surface area contributed by atoms with Gasteiger partial charge >= 0.3 is 6.03 Å². The monoisotopic (exact) mass is 363 g/mol. The molecule has 0 aromatic rings. The van der Waals surface area contributed by atoms with Crippen molar-refractivity contribution in [3.63, 3.8) is 0 Å². The predicted octanol–water partition coefficient (Wildman–Crippen LogP) is 3.64. The second-order valence-electron chi connectivity index (χ2n) is 10.3. The van der Waals surface area contributed by atoms with E-state index in [0.29, 0.717) is 31.6 Å². The molecule has 2 bridgehead atoms. The molecule has 5 nitrogen and oxygen atoms in total. The molecule has 1 aliphatic heterocycles. The lowest BCUT2D eigenvalue weighted by molar-refractivity contribution is -0.140. The summed E-state index contributed by atoms with van der Waals surface area (Å²) in [7, 11) is 0. The molecule has 3 aliphatic carbocycles. The zero-order valence-electron chi connectivity index (χ0n) is 17.4. The fraction of sp³-hybridized carbons (Fsp3) is 0.905. The van der Waals surface area contributed by atoms with Gasteiger partial charge in [0.1, 0.15) is 0 Å². The van der Waals surface area contributed by atoms with Crippen LogP contribution < -0.4 is 5.32 Å². The maximum atomic E-state index is 12.8. The Bertz CT molecular complexity index is 532. The van der Waals surface area contributed by atoms with Gasteiger partial charge in [-0.1, -0.05) is 34.6 Å². The van der Waals surface area contributed by atoms with Gasteiger partial charge in [-0.05, 0) is 49.9 Å². The van der Waals surface area contributed by atoms with Crippen LogP contribution in [0.15, 0.2) is 0 Å². The van der Waals surface area contributed by atoms with E-state index in [1.165, 1.54) is 19.3 Å². The van der Waals surface area contributed by atoms with Crippen molar-refractivity contribution < 1.29 is 9.59 Å². The number of nitrogens with one attached hydrogen (secondary N) is 1. The van der Waals surface area contributed by atoms with Crippen LogP contribution in [0.25, 0.3) is 0 Å². The molecule has 3 amide bonds. The number of nitrogens with zero attached hydrogens (tertiary/aromatic N) is 2. The largest absolute Gasteiger partial charge is 0.339 e. The van der Waals surface area contributed by atoms with Crippen molar-refractivity contribution in [2.45, 2.75) is 78.7 Å². The number of hydrogen-bond donors (Lipinski definition) is 1. The molecule has 1 N–H and O–H groups in total. The molecule has 1 saturated heterocycles. The molecule has 0 unspecified atom stereocenters. The van der Waals surface area contributed by atoms with Gasteiger partial charge in [-0.3, -0.25) is 4.79 Å². The average molecular weight is 364 g/mol. The van der Waals surface area contributed by atoms with Gasteiger partial charge in [0.05, 0.1) is 0 Å². The smallest absolute Gasteiger partial charge is 0.317 e. The van der Waals surface area contributed by atoms with Gasteiger partial charge in [0, 0.05) is 37.1 Å². The number of carbonyl (C=O) groups is 2. The molecule has 0 atom stereocenters. The summed E-state index contributed by atoms with van der Waals surface area (Å²) in [5.74, 6) is 0.922. The maximum Gasteiger partial charge on any atom is 0.317 e. The van der Waals surface area contributed by atoms with E-state index >= 15 is 0 Å². The zero-order valence-corrected chi connectivity index (χ0v) is 17.4. The van der Waals surface area contributed by atoms with E-state index in [0.717, 1.165) is 25.2 Å². The molecule has 3 saturated carbocycles. The van der Waals surface area contributed by atoms with Gasteiger partial charge in [-0.2, -0.15) is 0 Å². The Labute approximate surface area is 158 Å². The van der Waals surface area contributed by atoms with E-state index in [4.69, 9.17) is 0 Å². The molecule has 0 radical (unpaired) electrons. The lowest BCUT2D eigenvalue weighted by atomic mass is 9.53. The third-order valence-corrected chi connectivity index (χ3v) is 7.40. The number of hydrogen-bond acceptors (Lipinski definition) is 2. The molecular formula is C21H37N3O2. The predicted molar refractivity (Wildman–Crippen MR) is 104 cm³/mol. The van der Waals surface area contributed by atoms with Crippen molar-refractivity contribution in [3.05, 3.63) is 0 Å². The number of carbonyl (C=O) groups excluding carboxylic acids is 2. The summed E-state index contributed by atoms with van der Waals surface area (Å²) in [5, 5.41) is 3.40. The van der Waals surface area contributed by atoms with E-state index in [-0.39, 0.29) is 22.9 Å². The summed E-state index contributed by atoms with van der Waals surface area (Å²) in [6.45, 7) is 13.1. The Morgan fingerprint density at radius 2 is 1.31 bits per heavy atom. The Hall–Kier alpha value is -1.26. The SMILES string of the molecule is CC(C)C12CCC(NC(=O)N3CCN(C(=O)C(C)(C)C)CC3)(CC1)CC2. The summed E-state index contributed by atoms with van der Waals surface area (Å²) < 4.78 is 0. The molecule has 0 aromatic heterocycles. The van der Waals surface area contributed by atoms with Crippen molar-refractivity contribution >= 4 is 11.9 Å². The summed E-state index contributed by atoms with van der Waals surface area (Å²) >= 11 is 0. The minimum absolute atomic E-state index is 0.0199. The molecule has 5 heteroatoms. The third kappa shape index (κ3) is 3.59. The van der Waals surface area contributed by atoms with Crippen LogP contribution in [0.1, 0.15) is 73.1 Å². The summed E-state index contributed by atoms with van der Waals surface area (Å²) in [6.07, 6.45) is 7.12. The number of piperazine rings is 1. The fourth-order valence-electron chi connectivity index (χ4n) is 5.16. The van der Waals surface area contributed by atoms with Gasteiger partial charge in [0.25, 0.3) is 0 Å². The van der Waals surface area contributed by atoms with Gasteiger partial charge in [-0.15, -0.1) is 0 Å². The Balaban J connectivity index is 1.52. The summed E-state index contributed by atoms with van der Waals surface area (Å²) in [4.78, 5) is 29.1. The highest BCUT2D eigenvalue weighted by atomic mass is 16.2. The molecule has 148 valence electrons. The van der Waals surface area contributed by atoms with E-state index in [2.05, 4.69) is 19.2 Å².